The van der Waals surface area contributed by atoms with Crippen LogP contribution in [0.5, 0.6) is 0 Å². The third-order valence-electron chi connectivity index (χ3n) is 3.84. The van der Waals surface area contributed by atoms with E-state index in [4.69, 9.17) is 0 Å². The van der Waals surface area contributed by atoms with Crippen LogP contribution in [-0.2, 0) is 6.54 Å². The topological polar surface area (TPSA) is 15.3 Å². The van der Waals surface area contributed by atoms with Gasteiger partial charge in [0.2, 0.25) is 0 Å². The van der Waals surface area contributed by atoms with Crippen molar-refractivity contribution in [1.29, 1.82) is 0 Å². The van der Waals surface area contributed by atoms with Gasteiger partial charge in [-0.1, -0.05) is 26.0 Å². The van der Waals surface area contributed by atoms with Crippen molar-refractivity contribution in [2.75, 3.05) is 19.6 Å². The summed E-state index contributed by atoms with van der Waals surface area (Å²) in [7, 11) is 0. The van der Waals surface area contributed by atoms with Gasteiger partial charge < -0.3 is 5.32 Å². The first kappa shape index (κ1) is 15.4. The fraction of sp³-hybridized carbons (Fsp3) is 0.625. The van der Waals surface area contributed by atoms with Crippen LogP contribution >= 0.6 is 0 Å². The largest absolute Gasteiger partial charge is 0.314 e. The first-order chi connectivity index (χ1) is 9.56. The van der Waals surface area contributed by atoms with Gasteiger partial charge >= 0.3 is 0 Å². The van der Waals surface area contributed by atoms with Crippen LogP contribution in [-0.4, -0.2) is 30.6 Å². The van der Waals surface area contributed by atoms with E-state index in [2.05, 4.69) is 24.1 Å². The van der Waals surface area contributed by atoms with E-state index in [-0.39, 0.29) is 0 Å². The summed E-state index contributed by atoms with van der Waals surface area (Å²) in [5.74, 6) is -0.852. The molecule has 2 rings (SSSR count). The number of hydrogen-bond donors (Lipinski definition) is 1. The number of nitrogens with one attached hydrogen (secondary N) is 1. The molecule has 1 atom stereocenters. The Morgan fingerprint density at radius 3 is 2.90 bits per heavy atom. The Kier molecular flexibility index (Phi) is 5.49. The van der Waals surface area contributed by atoms with Gasteiger partial charge in [0.25, 0.3) is 0 Å². The second kappa shape index (κ2) is 7.14. The molecule has 1 aliphatic heterocycles. The number of hydrogen-bond acceptors (Lipinski definition) is 2. The van der Waals surface area contributed by atoms with Crippen molar-refractivity contribution in [3.05, 3.63) is 35.4 Å². The molecule has 20 heavy (non-hydrogen) atoms. The van der Waals surface area contributed by atoms with E-state index in [1.165, 1.54) is 12.5 Å². The molecule has 0 radical (unpaired) electrons. The number of likely N-dealkylation sites (tertiary alicyclic amines) is 1. The Morgan fingerprint density at radius 2 is 2.15 bits per heavy atom. The average molecular weight is 282 g/mol. The maximum Gasteiger partial charge on any atom is 0.163 e. The second-order valence-electron chi connectivity index (χ2n) is 6.02. The average Bonchev–Trinajstić information content (AvgIpc) is 2.42. The minimum absolute atomic E-state index is 0.461. The monoisotopic (exact) mass is 282 g/mol. The smallest absolute Gasteiger partial charge is 0.163 e. The van der Waals surface area contributed by atoms with Crippen molar-refractivity contribution in [3.8, 4) is 0 Å². The van der Waals surface area contributed by atoms with Crippen LogP contribution in [0.3, 0.4) is 0 Å². The summed E-state index contributed by atoms with van der Waals surface area (Å²) in [6, 6.07) is 4.92. The van der Waals surface area contributed by atoms with Gasteiger partial charge in [-0.15, -0.1) is 0 Å². The van der Waals surface area contributed by atoms with E-state index in [1.807, 2.05) is 0 Å². The number of halogens is 2. The van der Waals surface area contributed by atoms with Gasteiger partial charge in [-0.25, -0.2) is 8.78 Å². The number of rotatable bonds is 5. The predicted octanol–water partition coefficient (Wildman–Crippen LogP) is 3.17. The van der Waals surface area contributed by atoms with Gasteiger partial charge in [0, 0.05) is 24.7 Å². The standard InChI is InChI=1S/C16H24F2N2/c1-12(2)19-9-13-5-4-8-20(10-13)11-14-6-3-7-15(17)16(14)18/h3,6-7,12-13,19H,4-5,8-11H2,1-2H3. The second-order valence-corrected chi connectivity index (χ2v) is 6.02. The summed E-state index contributed by atoms with van der Waals surface area (Å²) >= 11 is 0. The molecular weight excluding hydrogens is 258 g/mol. The molecule has 1 unspecified atom stereocenters. The van der Waals surface area contributed by atoms with Gasteiger partial charge in [0.15, 0.2) is 11.6 Å². The van der Waals surface area contributed by atoms with Crippen molar-refractivity contribution in [1.82, 2.24) is 10.2 Å². The zero-order valence-corrected chi connectivity index (χ0v) is 12.3. The summed E-state index contributed by atoms with van der Waals surface area (Å²) in [5, 5.41) is 3.46. The lowest BCUT2D eigenvalue weighted by molar-refractivity contribution is 0.162. The maximum atomic E-state index is 13.7. The highest BCUT2D eigenvalue weighted by Gasteiger charge is 2.21. The van der Waals surface area contributed by atoms with Gasteiger partial charge in [0.05, 0.1) is 0 Å². The summed E-state index contributed by atoms with van der Waals surface area (Å²) in [6.45, 7) is 7.71. The normalized spacial score (nSPS) is 20.6. The Hall–Kier alpha value is -1.00. The summed E-state index contributed by atoms with van der Waals surface area (Å²) in [6.07, 6.45) is 2.34. The molecule has 0 amide bonds. The molecular formula is C16H24F2N2. The lowest BCUT2D eigenvalue weighted by Gasteiger charge is -2.33. The number of piperidine rings is 1. The van der Waals surface area contributed by atoms with Crippen LogP contribution in [0.2, 0.25) is 0 Å². The van der Waals surface area contributed by atoms with Gasteiger partial charge in [-0.3, -0.25) is 4.90 Å². The third kappa shape index (κ3) is 4.25. The van der Waals surface area contributed by atoms with Crippen molar-refractivity contribution in [3.63, 3.8) is 0 Å². The minimum atomic E-state index is -0.752. The highest BCUT2D eigenvalue weighted by Crippen LogP contribution is 2.20. The Balaban J connectivity index is 1.91. The highest BCUT2D eigenvalue weighted by molar-refractivity contribution is 5.18. The first-order valence-corrected chi connectivity index (χ1v) is 7.45. The molecule has 0 saturated carbocycles. The van der Waals surface area contributed by atoms with Gasteiger partial charge in [0.1, 0.15) is 0 Å². The molecule has 1 saturated heterocycles. The summed E-state index contributed by atoms with van der Waals surface area (Å²) in [5.41, 5.74) is 0.461. The Labute approximate surface area is 120 Å². The van der Waals surface area contributed by atoms with E-state index < -0.39 is 11.6 Å². The number of benzene rings is 1. The quantitative estimate of drug-likeness (QED) is 0.892. The van der Waals surface area contributed by atoms with Crippen molar-refractivity contribution < 1.29 is 8.78 Å². The molecule has 0 aromatic heterocycles. The van der Waals surface area contributed by atoms with Crippen LogP contribution < -0.4 is 5.32 Å². The van der Waals surface area contributed by atoms with Crippen molar-refractivity contribution in [2.45, 2.75) is 39.3 Å². The van der Waals surface area contributed by atoms with Crippen LogP contribution in [0.15, 0.2) is 18.2 Å². The molecule has 4 heteroatoms. The lowest BCUT2D eigenvalue weighted by atomic mass is 9.97. The molecule has 0 aliphatic carbocycles. The Bertz CT molecular complexity index is 434. The number of nitrogens with zero attached hydrogens (tertiary/aromatic N) is 1. The van der Waals surface area contributed by atoms with Crippen LogP contribution in [0.25, 0.3) is 0 Å². The van der Waals surface area contributed by atoms with E-state index in [0.717, 1.165) is 26.1 Å². The first-order valence-electron chi connectivity index (χ1n) is 7.45. The van der Waals surface area contributed by atoms with Crippen molar-refractivity contribution in [2.24, 2.45) is 5.92 Å². The third-order valence-corrected chi connectivity index (χ3v) is 3.84. The molecule has 1 aromatic carbocycles. The molecule has 2 nitrogen and oxygen atoms in total. The minimum Gasteiger partial charge on any atom is -0.314 e. The molecule has 112 valence electrons. The lowest BCUT2D eigenvalue weighted by Crippen LogP contribution is -2.40. The SMILES string of the molecule is CC(C)NCC1CCCN(Cc2cccc(F)c2F)C1. The van der Waals surface area contributed by atoms with E-state index in [9.17, 15) is 8.78 Å². The highest BCUT2D eigenvalue weighted by atomic mass is 19.2. The zero-order valence-electron chi connectivity index (χ0n) is 12.3. The van der Waals surface area contributed by atoms with Crippen LogP contribution in [0.4, 0.5) is 8.78 Å². The molecule has 1 aromatic rings. The summed E-state index contributed by atoms with van der Waals surface area (Å²) < 4.78 is 26.9. The maximum absolute atomic E-state index is 13.7. The van der Waals surface area contributed by atoms with E-state index >= 15 is 0 Å². The zero-order chi connectivity index (χ0) is 14.5. The van der Waals surface area contributed by atoms with Crippen LogP contribution in [0.1, 0.15) is 32.3 Å². The molecule has 1 fully saturated rings. The van der Waals surface area contributed by atoms with Crippen LogP contribution in [0, 0.1) is 17.6 Å². The molecule has 1 aliphatic rings. The van der Waals surface area contributed by atoms with Crippen molar-refractivity contribution >= 4 is 0 Å². The Morgan fingerprint density at radius 1 is 1.35 bits per heavy atom. The van der Waals surface area contributed by atoms with E-state index in [0.29, 0.717) is 24.1 Å². The molecule has 1 heterocycles. The van der Waals surface area contributed by atoms with Gasteiger partial charge in [-0.05, 0) is 37.9 Å². The fourth-order valence-electron chi connectivity index (χ4n) is 2.78. The fourth-order valence-corrected chi connectivity index (χ4v) is 2.78. The summed E-state index contributed by atoms with van der Waals surface area (Å²) in [4.78, 5) is 2.23. The molecule has 0 spiro atoms. The molecule has 0 bridgehead atoms. The molecule has 1 N–H and O–H groups in total. The van der Waals surface area contributed by atoms with Gasteiger partial charge in [-0.2, -0.15) is 0 Å². The predicted molar refractivity (Wildman–Crippen MR) is 77.5 cm³/mol. The van der Waals surface area contributed by atoms with E-state index in [1.54, 1.807) is 12.1 Å².